The number of hydrogen-bond donors (Lipinski definition) is 1. The number of nitrogens with two attached hydrogens (primary N) is 1. The first-order valence-corrected chi connectivity index (χ1v) is 9.61. The van der Waals surface area contributed by atoms with E-state index in [2.05, 4.69) is 6.92 Å². The second kappa shape index (κ2) is 16.8. The SMILES string of the molecule is CCCCCCCCCCCCCCC(N)CC(=O)OCC. The van der Waals surface area contributed by atoms with Crippen molar-refractivity contribution in [1.29, 1.82) is 0 Å². The van der Waals surface area contributed by atoms with E-state index in [1.807, 2.05) is 6.92 Å². The standard InChI is InChI=1S/C19H39NO2/c1-3-5-6-7-8-9-10-11-12-13-14-15-16-18(20)17-19(21)22-4-2/h18H,3-17,20H2,1-2H3. The topological polar surface area (TPSA) is 52.3 Å². The summed E-state index contributed by atoms with van der Waals surface area (Å²) < 4.78 is 4.91. The molecule has 1 unspecified atom stereocenters. The highest BCUT2D eigenvalue weighted by molar-refractivity contribution is 5.70. The molecule has 0 saturated heterocycles. The quantitative estimate of drug-likeness (QED) is 0.308. The summed E-state index contributed by atoms with van der Waals surface area (Å²) in [6, 6.07) is -0.0258. The van der Waals surface area contributed by atoms with E-state index < -0.39 is 0 Å². The Balaban J connectivity index is 3.18. The third-order valence-electron chi connectivity index (χ3n) is 4.16. The Morgan fingerprint density at radius 3 is 1.73 bits per heavy atom. The zero-order chi connectivity index (χ0) is 16.5. The van der Waals surface area contributed by atoms with Gasteiger partial charge in [-0.3, -0.25) is 4.79 Å². The molecule has 0 aliphatic rings. The Morgan fingerprint density at radius 1 is 0.818 bits per heavy atom. The predicted molar refractivity (Wildman–Crippen MR) is 94.9 cm³/mol. The van der Waals surface area contributed by atoms with Crippen LogP contribution in [0, 0.1) is 0 Å². The Bertz CT molecular complexity index is 244. The summed E-state index contributed by atoms with van der Waals surface area (Å²) in [6.07, 6.45) is 17.5. The van der Waals surface area contributed by atoms with Gasteiger partial charge in [-0.25, -0.2) is 0 Å². The van der Waals surface area contributed by atoms with Crippen molar-refractivity contribution in [3.05, 3.63) is 0 Å². The predicted octanol–water partition coefficient (Wildman–Crippen LogP) is 5.36. The fourth-order valence-corrected chi connectivity index (χ4v) is 2.78. The Morgan fingerprint density at radius 2 is 1.27 bits per heavy atom. The zero-order valence-electron chi connectivity index (χ0n) is 15.1. The van der Waals surface area contributed by atoms with Crippen LogP contribution in [0.25, 0.3) is 0 Å². The molecule has 0 fully saturated rings. The summed E-state index contributed by atoms with van der Waals surface area (Å²) in [5.74, 6) is -0.158. The van der Waals surface area contributed by atoms with E-state index in [0.29, 0.717) is 13.0 Å². The van der Waals surface area contributed by atoms with E-state index in [0.717, 1.165) is 12.8 Å². The van der Waals surface area contributed by atoms with Crippen molar-refractivity contribution in [2.24, 2.45) is 5.73 Å². The second-order valence-electron chi connectivity index (χ2n) is 6.45. The maximum Gasteiger partial charge on any atom is 0.307 e. The molecule has 0 aliphatic carbocycles. The molecule has 0 aliphatic heterocycles. The van der Waals surface area contributed by atoms with Gasteiger partial charge in [-0.2, -0.15) is 0 Å². The van der Waals surface area contributed by atoms with Gasteiger partial charge in [-0.1, -0.05) is 84.0 Å². The van der Waals surface area contributed by atoms with Crippen LogP contribution in [0.4, 0.5) is 0 Å². The third kappa shape index (κ3) is 15.8. The lowest BCUT2D eigenvalue weighted by Gasteiger charge is -2.10. The lowest BCUT2D eigenvalue weighted by Crippen LogP contribution is -2.24. The van der Waals surface area contributed by atoms with Crippen LogP contribution in [0.2, 0.25) is 0 Å². The van der Waals surface area contributed by atoms with Crippen LogP contribution in [-0.4, -0.2) is 18.6 Å². The lowest BCUT2D eigenvalue weighted by atomic mass is 10.0. The average Bonchev–Trinajstić information content (AvgIpc) is 2.48. The van der Waals surface area contributed by atoms with Gasteiger partial charge in [0.05, 0.1) is 13.0 Å². The smallest absolute Gasteiger partial charge is 0.307 e. The summed E-state index contributed by atoms with van der Waals surface area (Å²) >= 11 is 0. The number of carbonyl (C=O) groups is 1. The lowest BCUT2D eigenvalue weighted by molar-refractivity contribution is -0.143. The minimum absolute atomic E-state index is 0.0258. The normalized spacial score (nSPS) is 12.3. The summed E-state index contributed by atoms with van der Waals surface area (Å²) in [4.78, 5) is 11.3. The van der Waals surface area contributed by atoms with Crippen LogP contribution in [0.3, 0.4) is 0 Å². The van der Waals surface area contributed by atoms with Crippen LogP contribution >= 0.6 is 0 Å². The first kappa shape index (κ1) is 21.4. The average molecular weight is 314 g/mol. The Kier molecular flexibility index (Phi) is 16.4. The molecule has 3 nitrogen and oxygen atoms in total. The summed E-state index contributed by atoms with van der Waals surface area (Å²) in [5.41, 5.74) is 5.93. The van der Waals surface area contributed by atoms with E-state index >= 15 is 0 Å². The fraction of sp³-hybridized carbons (Fsp3) is 0.947. The maximum absolute atomic E-state index is 11.3. The van der Waals surface area contributed by atoms with Gasteiger partial charge in [-0.05, 0) is 13.3 Å². The number of carbonyl (C=O) groups excluding carboxylic acids is 1. The van der Waals surface area contributed by atoms with Gasteiger partial charge >= 0.3 is 5.97 Å². The van der Waals surface area contributed by atoms with Gasteiger partial charge in [0, 0.05) is 6.04 Å². The molecule has 0 rings (SSSR count). The highest BCUT2D eigenvalue weighted by Crippen LogP contribution is 2.13. The Hall–Kier alpha value is -0.570. The van der Waals surface area contributed by atoms with Crippen LogP contribution in [0.15, 0.2) is 0 Å². The Labute approximate surface area is 138 Å². The molecule has 132 valence electrons. The van der Waals surface area contributed by atoms with Crippen molar-refractivity contribution >= 4 is 5.97 Å². The summed E-state index contributed by atoms with van der Waals surface area (Å²) in [7, 11) is 0. The molecule has 0 aromatic rings. The van der Waals surface area contributed by atoms with Crippen LogP contribution < -0.4 is 5.73 Å². The van der Waals surface area contributed by atoms with Gasteiger partial charge in [0.2, 0.25) is 0 Å². The summed E-state index contributed by atoms with van der Waals surface area (Å²) in [6.45, 7) is 4.54. The van der Waals surface area contributed by atoms with Crippen LogP contribution in [0.1, 0.15) is 104 Å². The van der Waals surface area contributed by atoms with Crippen molar-refractivity contribution in [3.63, 3.8) is 0 Å². The maximum atomic E-state index is 11.3. The van der Waals surface area contributed by atoms with Crippen molar-refractivity contribution in [2.45, 2.75) is 110 Å². The van der Waals surface area contributed by atoms with Crippen LogP contribution in [-0.2, 0) is 9.53 Å². The van der Waals surface area contributed by atoms with E-state index in [4.69, 9.17) is 10.5 Å². The minimum atomic E-state index is -0.158. The molecule has 0 aromatic carbocycles. The largest absolute Gasteiger partial charge is 0.466 e. The first-order chi connectivity index (χ1) is 10.7. The molecule has 0 amide bonds. The third-order valence-corrected chi connectivity index (χ3v) is 4.16. The number of esters is 1. The van der Waals surface area contributed by atoms with Gasteiger partial charge in [0.15, 0.2) is 0 Å². The number of hydrogen-bond acceptors (Lipinski definition) is 3. The highest BCUT2D eigenvalue weighted by atomic mass is 16.5. The van der Waals surface area contributed by atoms with E-state index in [9.17, 15) is 4.79 Å². The van der Waals surface area contributed by atoms with Gasteiger partial charge < -0.3 is 10.5 Å². The molecule has 0 heterocycles. The number of unbranched alkanes of at least 4 members (excludes halogenated alkanes) is 11. The van der Waals surface area contributed by atoms with Crippen molar-refractivity contribution in [1.82, 2.24) is 0 Å². The molecule has 2 N–H and O–H groups in total. The highest BCUT2D eigenvalue weighted by Gasteiger charge is 2.09. The molecule has 0 radical (unpaired) electrons. The molecule has 22 heavy (non-hydrogen) atoms. The second-order valence-corrected chi connectivity index (χ2v) is 6.45. The van der Waals surface area contributed by atoms with Gasteiger partial charge in [0.25, 0.3) is 0 Å². The van der Waals surface area contributed by atoms with Gasteiger partial charge in [-0.15, -0.1) is 0 Å². The zero-order valence-corrected chi connectivity index (χ0v) is 15.1. The number of ether oxygens (including phenoxy) is 1. The van der Waals surface area contributed by atoms with Gasteiger partial charge in [0.1, 0.15) is 0 Å². The monoisotopic (exact) mass is 313 g/mol. The fourth-order valence-electron chi connectivity index (χ4n) is 2.78. The van der Waals surface area contributed by atoms with E-state index in [-0.39, 0.29) is 12.0 Å². The molecule has 0 saturated carbocycles. The number of rotatable bonds is 16. The van der Waals surface area contributed by atoms with E-state index in [1.165, 1.54) is 70.6 Å². The molecule has 0 aromatic heterocycles. The first-order valence-electron chi connectivity index (χ1n) is 9.61. The molecule has 1 atom stereocenters. The van der Waals surface area contributed by atoms with Crippen molar-refractivity contribution in [3.8, 4) is 0 Å². The van der Waals surface area contributed by atoms with Crippen molar-refractivity contribution in [2.75, 3.05) is 6.61 Å². The molecule has 3 heteroatoms. The van der Waals surface area contributed by atoms with Crippen LogP contribution in [0.5, 0.6) is 0 Å². The molecule has 0 spiro atoms. The molecule has 0 bridgehead atoms. The van der Waals surface area contributed by atoms with Crippen molar-refractivity contribution < 1.29 is 9.53 Å². The minimum Gasteiger partial charge on any atom is -0.466 e. The summed E-state index contributed by atoms with van der Waals surface area (Å²) in [5, 5.41) is 0. The molecular weight excluding hydrogens is 274 g/mol. The van der Waals surface area contributed by atoms with E-state index in [1.54, 1.807) is 0 Å². The molecular formula is C19H39NO2.